The number of carbonyl (C=O) groups excluding carboxylic acids is 1. The molecule has 1 aliphatic heterocycles. The van der Waals surface area contributed by atoms with Crippen molar-refractivity contribution >= 4 is 43.8 Å². The van der Waals surface area contributed by atoms with E-state index < -0.39 is 0 Å². The minimum atomic E-state index is -0.00414. The molecule has 7 heteroatoms. The smallest absolute Gasteiger partial charge is 0.229 e. The van der Waals surface area contributed by atoms with Crippen LogP contribution in [0.15, 0.2) is 48.5 Å². The molecule has 2 aromatic heterocycles. The van der Waals surface area contributed by atoms with Crippen LogP contribution in [-0.2, 0) is 24.2 Å². The van der Waals surface area contributed by atoms with Crippen LogP contribution in [0.1, 0.15) is 36.3 Å². The largest absolute Gasteiger partial charge is 0.494 e. The first-order chi connectivity index (χ1) is 16.6. The third-order valence-corrected chi connectivity index (χ3v) is 8.22. The summed E-state index contributed by atoms with van der Waals surface area (Å²) in [7, 11) is 0. The maximum Gasteiger partial charge on any atom is 0.229 e. The van der Waals surface area contributed by atoms with Gasteiger partial charge in [-0.3, -0.25) is 9.69 Å². The van der Waals surface area contributed by atoms with Gasteiger partial charge in [-0.1, -0.05) is 31.2 Å². The quantitative estimate of drug-likeness (QED) is 0.311. The average Bonchev–Trinajstić information content (AvgIpc) is 3.41. The van der Waals surface area contributed by atoms with E-state index in [0.29, 0.717) is 13.0 Å². The highest BCUT2D eigenvalue weighted by Gasteiger charge is 2.27. The number of fused-ring (bicyclic) bond motifs is 2. The lowest BCUT2D eigenvalue weighted by atomic mass is 10.0. The summed E-state index contributed by atoms with van der Waals surface area (Å²) in [6.45, 7) is 7.92. The highest BCUT2D eigenvalue weighted by atomic mass is 32.1. The number of ether oxygens (including phenoxy) is 1. The van der Waals surface area contributed by atoms with Crippen LogP contribution in [-0.4, -0.2) is 35.5 Å². The Kier molecular flexibility index (Phi) is 6.94. The summed E-state index contributed by atoms with van der Waals surface area (Å²) in [4.78, 5) is 21.9. The van der Waals surface area contributed by atoms with E-state index in [1.807, 2.05) is 37.3 Å². The Morgan fingerprint density at radius 3 is 2.71 bits per heavy atom. The lowest BCUT2D eigenvalue weighted by molar-refractivity contribution is -0.115. The molecule has 0 fully saturated rings. The number of anilines is 1. The summed E-state index contributed by atoms with van der Waals surface area (Å²) in [6.07, 6.45) is 2.47. The van der Waals surface area contributed by atoms with E-state index in [4.69, 9.17) is 9.72 Å². The van der Waals surface area contributed by atoms with Crippen molar-refractivity contribution < 1.29 is 9.53 Å². The van der Waals surface area contributed by atoms with E-state index in [1.165, 1.54) is 15.1 Å². The van der Waals surface area contributed by atoms with Crippen molar-refractivity contribution in [2.75, 3.05) is 25.0 Å². The number of aromatic nitrogens is 1. The third-order valence-electron chi connectivity index (χ3n) is 6.04. The Balaban J connectivity index is 1.44. The monoisotopic (exact) mass is 491 g/mol. The first-order valence-electron chi connectivity index (χ1n) is 11.9. The van der Waals surface area contributed by atoms with Crippen LogP contribution in [0.5, 0.6) is 5.75 Å². The van der Waals surface area contributed by atoms with Gasteiger partial charge in [0.15, 0.2) is 0 Å². The fraction of sp³-hybridized carbons (Fsp3) is 0.333. The fourth-order valence-electron chi connectivity index (χ4n) is 4.48. The Labute approximate surface area is 208 Å². The predicted molar refractivity (Wildman–Crippen MR) is 142 cm³/mol. The van der Waals surface area contributed by atoms with Gasteiger partial charge in [0.2, 0.25) is 5.91 Å². The number of hydrogen-bond donors (Lipinski definition) is 1. The number of nitrogens with zero attached hydrogens (tertiary/aromatic N) is 2. The number of amides is 1. The number of thiazole rings is 1. The molecule has 0 atom stereocenters. The van der Waals surface area contributed by atoms with Gasteiger partial charge in [-0.2, -0.15) is 0 Å². The molecule has 2 aromatic carbocycles. The van der Waals surface area contributed by atoms with Crippen molar-refractivity contribution in [1.82, 2.24) is 9.88 Å². The molecule has 0 saturated carbocycles. The van der Waals surface area contributed by atoms with E-state index >= 15 is 0 Å². The summed E-state index contributed by atoms with van der Waals surface area (Å²) < 4.78 is 6.69. The molecule has 176 valence electrons. The zero-order valence-electron chi connectivity index (χ0n) is 19.6. The van der Waals surface area contributed by atoms with E-state index in [2.05, 4.69) is 35.3 Å². The van der Waals surface area contributed by atoms with Crippen molar-refractivity contribution in [2.24, 2.45) is 0 Å². The van der Waals surface area contributed by atoms with Crippen LogP contribution in [0.3, 0.4) is 0 Å². The van der Waals surface area contributed by atoms with Gasteiger partial charge in [-0.15, -0.1) is 22.7 Å². The minimum absolute atomic E-state index is 0.00414. The molecule has 1 aliphatic rings. The van der Waals surface area contributed by atoms with Crippen molar-refractivity contribution in [1.29, 1.82) is 0 Å². The maximum atomic E-state index is 13.1. The first kappa shape index (κ1) is 23.0. The summed E-state index contributed by atoms with van der Waals surface area (Å²) in [5.41, 5.74) is 4.46. The number of thiophene rings is 1. The van der Waals surface area contributed by atoms with E-state index in [-0.39, 0.29) is 5.91 Å². The zero-order valence-corrected chi connectivity index (χ0v) is 21.2. The maximum absolute atomic E-state index is 13.1. The molecule has 0 unspecified atom stereocenters. The molecule has 5 nitrogen and oxygen atoms in total. The van der Waals surface area contributed by atoms with Crippen molar-refractivity contribution in [3.05, 3.63) is 64.5 Å². The lowest BCUT2D eigenvalue weighted by Crippen LogP contribution is -2.30. The summed E-state index contributed by atoms with van der Waals surface area (Å²) in [5, 5.41) is 5.17. The zero-order chi connectivity index (χ0) is 23.5. The second-order valence-corrected chi connectivity index (χ2v) is 10.7. The molecule has 3 heterocycles. The number of para-hydroxylation sites is 1. The van der Waals surface area contributed by atoms with E-state index in [1.54, 1.807) is 22.7 Å². The van der Waals surface area contributed by atoms with Crippen LogP contribution in [0.25, 0.3) is 20.8 Å². The Bertz CT molecular complexity index is 1260. The number of carbonyl (C=O) groups is 1. The predicted octanol–water partition coefficient (Wildman–Crippen LogP) is 6.37. The van der Waals surface area contributed by atoms with Crippen LogP contribution in [0.2, 0.25) is 0 Å². The average molecular weight is 492 g/mol. The van der Waals surface area contributed by atoms with Crippen molar-refractivity contribution in [2.45, 2.75) is 39.7 Å². The molecule has 1 N–H and O–H groups in total. The first-order valence-corrected chi connectivity index (χ1v) is 13.5. The van der Waals surface area contributed by atoms with E-state index in [9.17, 15) is 4.79 Å². The molecular weight excluding hydrogens is 462 g/mol. The van der Waals surface area contributed by atoms with Crippen LogP contribution in [0.4, 0.5) is 5.00 Å². The Morgan fingerprint density at radius 2 is 1.94 bits per heavy atom. The lowest BCUT2D eigenvalue weighted by Gasteiger charge is -2.26. The molecule has 4 aromatic rings. The normalized spacial score (nSPS) is 13.7. The van der Waals surface area contributed by atoms with E-state index in [0.717, 1.165) is 64.9 Å². The highest BCUT2D eigenvalue weighted by Crippen LogP contribution is 2.45. The second-order valence-electron chi connectivity index (χ2n) is 8.52. The van der Waals surface area contributed by atoms with Crippen LogP contribution in [0, 0.1) is 0 Å². The SMILES string of the molecule is CCCN1CCc2c(sc(NC(=O)Cc3ccc(OCC)cc3)c2-c2nc3ccccc3s2)C1. The van der Waals surface area contributed by atoms with Gasteiger partial charge < -0.3 is 10.1 Å². The van der Waals surface area contributed by atoms with Crippen molar-refractivity contribution in [3.63, 3.8) is 0 Å². The number of rotatable bonds is 8. The molecule has 0 bridgehead atoms. The number of benzene rings is 2. The second kappa shape index (κ2) is 10.3. The Morgan fingerprint density at radius 1 is 1.12 bits per heavy atom. The van der Waals surface area contributed by atoms with Gasteiger partial charge >= 0.3 is 0 Å². The van der Waals surface area contributed by atoms with Gasteiger partial charge in [0.05, 0.1) is 23.2 Å². The van der Waals surface area contributed by atoms with Gasteiger partial charge in [0.25, 0.3) is 0 Å². The molecule has 5 rings (SSSR count). The topological polar surface area (TPSA) is 54.5 Å². The molecule has 0 aliphatic carbocycles. The van der Waals surface area contributed by atoms with Gasteiger partial charge in [0, 0.05) is 23.5 Å². The Hall–Kier alpha value is -2.74. The molecule has 0 spiro atoms. The van der Waals surface area contributed by atoms with Gasteiger partial charge in [-0.25, -0.2) is 4.98 Å². The number of nitrogens with one attached hydrogen (secondary N) is 1. The molecule has 0 radical (unpaired) electrons. The number of hydrogen-bond acceptors (Lipinski definition) is 6. The summed E-state index contributed by atoms with van der Waals surface area (Å²) >= 11 is 3.42. The third kappa shape index (κ3) is 4.87. The molecule has 34 heavy (non-hydrogen) atoms. The molecule has 0 saturated heterocycles. The summed E-state index contributed by atoms with van der Waals surface area (Å²) in [6, 6.07) is 16.0. The van der Waals surface area contributed by atoms with Crippen molar-refractivity contribution in [3.8, 4) is 16.3 Å². The van der Waals surface area contributed by atoms with Gasteiger partial charge in [0.1, 0.15) is 15.8 Å². The minimum Gasteiger partial charge on any atom is -0.494 e. The van der Waals surface area contributed by atoms with Crippen LogP contribution < -0.4 is 10.1 Å². The van der Waals surface area contributed by atoms with Gasteiger partial charge in [-0.05, 0) is 61.7 Å². The summed E-state index contributed by atoms with van der Waals surface area (Å²) in [5.74, 6) is 0.822. The molecular formula is C27H29N3O2S2. The highest BCUT2D eigenvalue weighted by molar-refractivity contribution is 7.22. The fourth-order valence-corrected chi connectivity index (χ4v) is 6.90. The van der Waals surface area contributed by atoms with Crippen LogP contribution >= 0.6 is 22.7 Å². The molecule has 1 amide bonds. The standard InChI is InChI=1S/C27H29N3O2S2/c1-3-14-30-15-13-20-23(17-30)34-27(25(20)26-28-21-7-5-6-8-22(21)33-26)29-24(31)16-18-9-11-19(12-10-18)32-4-2/h5-12H,3-4,13-17H2,1-2H3,(H,29,31).